The van der Waals surface area contributed by atoms with E-state index >= 15 is 0 Å². The third-order valence-corrected chi connectivity index (χ3v) is 2.72. The van der Waals surface area contributed by atoms with Gasteiger partial charge in [-0.2, -0.15) is 5.10 Å². The summed E-state index contributed by atoms with van der Waals surface area (Å²) in [7, 11) is 2.13. The monoisotopic (exact) mass is 230 g/mol. The van der Waals surface area contributed by atoms with Crippen molar-refractivity contribution in [2.24, 2.45) is 0 Å². The number of H-pyrrole nitrogens is 1. The van der Waals surface area contributed by atoms with Crippen molar-refractivity contribution in [2.45, 2.75) is 19.9 Å². The number of hydrogen-bond acceptors (Lipinski definition) is 3. The van der Waals surface area contributed by atoms with E-state index < -0.39 is 0 Å². The first-order valence-corrected chi connectivity index (χ1v) is 5.93. The molecule has 2 heterocycles. The average Bonchev–Trinajstić information content (AvgIpc) is 2.78. The highest BCUT2D eigenvalue weighted by Gasteiger charge is 2.09. The zero-order chi connectivity index (χ0) is 12.1. The summed E-state index contributed by atoms with van der Waals surface area (Å²) < 4.78 is 0. The van der Waals surface area contributed by atoms with E-state index in [2.05, 4.69) is 34.1 Å². The van der Waals surface area contributed by atoms with Gasteiger partial charge in [0.25, 0.3) is 0 Å². The second kappa shape index (κ2) is 5.59. The van der Waals surface area contributed by atoms with E-state index in [0.29, 0.717) is 0 Å². The predicted octanol–water partition coefficient (Wildman–Crippen LogP) is 2.31. The first kappa shape index (κ1) is 11.8. The van der Waals surface area contributed by atoms with Crippen LogP contribution in [0.3, 0.4) is 0 Å². The van der Waals surface area contributed by atoms with Crippen LogP contribution in [0.25, 0.3) is 11.3 Å². The quantitative estimate of drug-likeness (QED) is 0.857. The van der Waals surface area contributed by atoms with Crippen LogP contribution >= 0.6 is 0 Å². The molecule has 0 amide bonds. The molecule has 17 heavy (non-hydrogen) atoms. The molecule has 0 aliphatic rings. The van der Waals surface area contributed by atoms with Crippen molar-refractivity contribution in [2.75, 3.05) is 13.6 Å². The molecule has 0 unspecified atom stereocenters. The SMILES string of the molecule is CCCN(C)Cc1c[nH]nc1-c1ccncc1. The number of pyridine rings is 1. The fourth-order valence-corrected chi connectivity index (χ4v) is 1.95. The Bertz CT molecular complexity index is 449. The van der Waals surface area contributed by atoms with Crippen LogP contribution in [-0.4, -0.2) is 33.7 Å². The molecule has 2 aromatic heterocycles. The fourth-order valence-electron chi connectivity index (χ4n) is 1.95. The van der Waals surface area contributed by atoms with E-state index in [1.165, 1.54) is 12.0 Å². The van der Waals surface area contributed by atoms with Crippen LogP contribution in [0.5, 0.6) is 0 Å². The maximum absolute atomic E-state index is 4.32. The largest absolute Gasteiger partial charge is 0.302 e. The van der Waals surface area contributed by atoms with Gasteiger partial charge in [0.15, 0.2) is 0 Å². The van der Waals surface area contributed by atoms with E-state index in [-0.39, 0.29) is 0 Å². The Morgan fingerprint density at radius 2 is 2.06 bits per heavy atom. The molecule has 0 aliphatic heterocycles. The van der Waals surface area contributed by atoms with Gasteiger partial charge in [0.2, 0.25) is 0 Å². The minimum atomic E-state index is 0.919. The first-order chi connectivity index (χ1) is 8.31. The van der Waals surface area contributed by atoms with Gasteiger partial charge in [0.1, 0.15) is 0 Å². The van der Waals surface area contributed by atoms with Crippen LogP contribution in [0, 0.1) is 0 Å². The molecule has 0 radical (unpaired) electrons. The van der Waals surface area contributed by atoms with Crippen LogP contribution in [0.2, 0.25) is 0 Å². The van der Waals surface area contributed by atoms with Crippen LogP contribution in [0.1, 0.15) is 18.9 Å². The van der Waals surface area contributed by atoms with E-state index in [4.69, 9.17) is 0 Å². The molecule has 0 saturated heterocycles. The Morgan fingerprint density at radius 1 is 1.29 bits per heavy atom. The molecular weight excluding hydrogens is 212 g/mol. The average molecular weight is 230 g/mol. The van der Waals surface area contributed by atoms with Crippen molar-refractivity contribution in [3.8, 4) is 11.3 Å². The third-order valence-electron chi connectivity index (χ3n) is 2.72. The predicted molar refractivity (Wildman–Crippen MR) is 68.4 cm³/mol. The zero-order valence-electron chi connectivity index (χ0n) is 10.3. The molecule has 0 bridgehead atoms. The lowest BCUT2D eigenvalue weighted by Crippen LogP contribution is -2.18. The number of nitrogens with zero attached hydrogens (tertiary/aromatic N) is 3. The number of nitrogens with one attached hydrogen (secondary N) is 1. The summed E-state index contributed by atoms with van der Waals surface area (Å²) in [6.07, 6.45) is 6.73. The van der Waals surface area contributed by atoms with Crippen molar-refractivity contribution in [3.63, 3.8) is 0 Å². The second-order valence-corrected chi connectivity index (χ2v) is 4.23. The lowest BCUT2D eigenvalue weighted by molar-refractivity contribution is 0.328. The smallest absolute Gasteiger partial charge is 0.0966 e. The molecule has 0 atom stereocenters. The molecule has 4 nitrogen and oxygen atoms in total. The minimum absolute atomic E-state index is 0.919. The Labute approximate surface area is 102 Å². The van der Waals surface area contributed by atoms with Crippen molar-refractivity contribution in [1.82, 2.24) is 20.1 Å². The highest BCUT2D eigenvalue weighted by molar-refractivity contribution is 5.61. The fraction of sp³-hybridized carbons (Fsp3) is 0.385. The van der Waals surface area contributed by atoms with E-state index in [1.54, 1.807) is 12.4 Å². The number of aromatic amines is 1. The standard InChI is InChI=1S/C13H18N4/c1-3-8-17(2)10-12-9-15-16-13(12)11-4-6-14-7-5-11/h4-7,9H,3,8,10H2,1-2H3,(H,15,16). The molecule has 0 saturated carbocycles. The number of aromatic nitrogens is 3. The Morgan fingerprint density at radius 3 is 2.76 bits per heavy atom. The second-order valence-electron chi connectivity index (χ2n) is 4.23. The molecule has 0 fully saturated rings. The summed E-state index contributed by atoms with van der Waals surface area (Å²) >= 11 is 0. The maximum Gasteiger partial charge on any atom is 0.0966 e. The number of rotatable bonds is 5. The number of hydrogen-bond donors (Lipinski definition) is 1. The van der Waals surface area contributed by atoms with E-state index in [9.17, 15) is 0 Å². The molecule has 2 rings (SSSR count). The van der Waals surface area contributed by atoms with Gasteiger partial charge in [0, 0.05) is 36.3 Å². The molecule has 4 heteroatoms. The normalized spacial score (nSPS) is 11.0. The van der Waals surface area contributed by atoms with Crippen molar-refractivity contribution in [3.05, 3.63) is 36.3 Å². The van der Waals surface area contributed by atoms with Gasteiger partial charge in [-0.1, -0.05) is 6.92 Å². The highest BCUT2D eigenvalue weighted by Crippen LogP contribution is 2.20. The van der Waals surface area contributed by atoms with Gasteiger partial charge in [-0.05, 0) is 32.1 Å². The van der Waals surface area contributed by atoms with Crippen molar-refractivity contribution in [1.29, 1.82) is 0 Å². The van der Waals surface area contributed by atoms with Gasteiger partial charge < -0.3 is 4.90 Å². The van der Waals surface area contributed by atoms with Gasteiger partial charge >= 0.3 is 0 Å². The minimum Gasteiger partial charge on any atom is -0.302 e. The van der Waals surface area contributed by atoms with Gasteiger partial charge in [-0.25, -0.2) is 0 Å². The third kappa shape index (κ3) is 2.91. The lowest BCUT2D eigenvalue weighted by atomic mass is 10.1. The molecule has 2 aromatic rings. The molecule has 0 aliphatic carbocycles. The Hall–Kier alpha value is -1.68. The highest BCUT2D eigenvalue weighted by atomic mass is 15.1. The van der Waals surface area contributed by atoms with Gasteiger partial charge in [0.05, 0.1) is 5.69 Å². The maximum atomic E-state index is 4.32. The van der Waals surface area contributed by atoms with Crippen LogP contribution in [-0.2, 0) is 6.54 Å². The van der Waals surface area contributed by atoms with E-state index in [1.807, 2.05) is 18.3 Å². The molecule has 90 valence electrons. The van der Waals surface area contributed by atoms with Gasteiger partial charge in [-0.15, -0.1) is 0 Å². The molecular formula is C13H18N4. The van der Waals surface area contributed by atoms with Crippen LogP contribution in [0.4, 0.5) is 0 Å². The summed E-state index contributed by atoms with van der Waals surface area (Å²) in [5, 5.41) is 7.27. The van der Waals surface area contributed by atoms with Gasteiger partial charge in [-0.3, -0.25) is 10.1 Å². The van der Waals surface area contributed by atoms with Crippen molar-refractivity contribution >= 4 is 0 Å². The summed E-state index contributed by atoms with van der Waals surface area (Å²) in [6.45, 7) is 4.21. The van der Waals surface area contributed by atoms with Crippen LogP contribution in [0.15, 0.2) is 30.7 Å². The summed E-state index contributed by atoms with van der Waals surface area (Å²) in [5.74, 6) is 0. The van der Waals surface area contributed by atoms with E-state index in [0.717, 1.165) is 24.3 Å². The molecule has 0 aromatic carbocycles. The molecule has 0 spiro atoms. The summed E-state index contributed by atoms with van der Waals surface area (Å²) in [5.41, 5.74) is 3.36. The molecule has 1 N–H and O–H groups in total. The zero-order valence-corrected chi connectivity index (χ0v) is 10.3. The van der Waals surface area contributed by atoms with Crippen molar-refractivity contribution < 1.29 is 0 Å². The Balaban J connectivity index is 2.18. The topological polar surface area (TPSA) is 44.8 Å². The summed E-state index contributed by atoms with van der Waals surface area (Å²) in [4.78, 5) is 6.33. The summed E-state index contributed by atoms with van der Waals surface area (Å²) in [6, 6.07) is 3.97. The lowest BCUT2D eigenvalue weighted by Gasteiger charge is -2.14. The van der Waals surface area contributed by atoms with Crippen LogP contribution < -0.4 is 0 Å². The first-order valence-electron chi connectivity index (χ1n) is 5.93. The Kier molecular flexibility index (Phi) is 3.88.